The van der Waals surface area contributed by atoms with Gasteiger partial charge in [0.25, 0.3) is 0 Å². The minimum Gasteiger partial charge on any atom is -0.480 e. The van der Waals surface area contributed by atoms with Gasteiger partial charge in [-0.1, -0.05) is 12.2 Å². The Labute approximate surface area is 100 Å². The van der Waals surface area contributed by atoms with Crippen LogP contribution in [0.15, 0.2) is 25.3 Å². The number of aliphatic carboxylic acids is 1. The van der Waals surface area contributed by atoms with Gasteiger partial charge in [-0.3, -0.25) is 4.79 Å². The van der Waals surface area contributed by atoms with E-state index in [1.807, 2.05) is 0 Å². The predicted molar refractivity (Wildman–Crippen MR) is 63.7 cm³/mol. The van der Waals surface area contributed by atoms with Crippen molar-refractivity contribution in [2.45, 2.75) is 0 Å². The van der Waals surface area contributed by atoms with Crippen LogP contribution < -0.4 is 0 Å². The number of hydrogen-bond acceptors (Lipinski definition) is 3. The number of hydrogen-bond donors (Lipinski definition) is 2. The van der Waals surface area contributed by atoms with Crippen LogP contribution in [0.5, 0.6) is 0 Å². The van der Waals surface area contributed by atoms with Crippen molar-refractivity contribution in [3.8, 4) is 0 Å². The van der Waals surface area contributed by atoms with E-state index in [9.17, 15) is 9.59 Å². The molecule has 0 aromatic carbocycles. The van der Waals surface area contributed by atoms with E-state index in [2.05, 4.69) is 13.2 Å². The van der Waals surface area contributed by atoms with Crippen molar-refractivity contribution in [3.05, 3.63) is 25.3 Å². The van der Waals surface area contributed by atoms with Crippen LogP contribution in [0.25, 0.3) is 0 Å². The first kappa shape index (κ1) is 15.2. The highest BCUT2D eigenvalue weighted by Gasteiger charge is 2.20. The normalized spacial score (nSPS) is 9.47. The molecule has 0 aromatic rings. The van der Waals surface area contributed by atoms with E-state index in [1.54, 1.807) is 0 Å². The first-order valence-corrected chi connectivity index (χ1v) is 5.15. The number of carbonyl (C=O) groups excluding carboxylic acids is 1. The number of carbonyl (C=O) groups is 2. The van der Waals surface area contributed by atoms with Gasteiger partial charge in [-0.2, -0.15) is 0 Å². The second kappa shape index (κ2) is 8.35. The van der Waals surface area contributed by atoms with Gasteiger partial charge in [-0.05, 0) is 0 Å². The molecule has 0 fully saturated rings. The van der Waals surface area contributed by atoms with E-state index in [-0.39, 0.29) is 26.2 Å². The third kappa shape index (κ3) is 5.72. The summed E-state index contributed by atoms with van der Waals surface area (Å²) in [4.78, 5) is 25.0. The standard InChI is InChI=1S/C11H18N2O4/c1-3-5-12(7-8-14)11(17)13(6-4-2)9-10(15)16/h3-4,14H,1-2,5-9H2,(H,15,16). The summed E-state index contributed by atoms with van der Waals surface area (Å²) in [6, 6.07) is -0.457. The molecule has 6 heteroatoms. The van der Waals surface area contributed by atoms with Crippen LogP contribution in [0.2, 0.25) is 0 Å². The Morgan fingerprint density at radius 2 is 1.65 bits per heavy atom. The maximum atomic E-state index is 11.9. The van der Waals surface area contributed by atoms with Gasteiger partial charge in [-0.15, -0.1) is 13.2 Å². The summed E-state index contributed by atoms with van der Waals surface area (Å²) in [5.41, 5.74) is 0. The molecule has 0 radical (unpaired) electrons. The summed E-state index contributed by atoms with van der Waals surface area (Å²) in [5, 5.41) is 17.5. The van der Waals surface area contributed by atoms with Crippen LogP contribution in [0.3, 0.4) is 0 Å². The number of nitrogens with zero attached hydrogens (tertiary/aromatic N) is 2. The zero-order valence-electron chi connectivity index (χ0n) is 9.71. The van der Waals surface area contributed by atoms with Gasteiger partial charge in [0.15, 0.2) is 0 Å². The van der Waals surface area contributed by atoms with Gasteiger partial charge < -0.3 is 20.0 Å². The summed E-state index contributed by atoms with van der Waals surface area (Å²) >= 11 is 0. The fourth-order valence-corrected chi connectivity index (χ4v) is 1.27. The molecule has 0 heterocycles. The summed E-state index contributed by atoms with van der Waals surface area (Å²) < 4.78 is 0. The maximum absolute atomic E-state index is 11.9. The van der Waals surface area contributed by atoms with Crippen molar-refractivity contribution >= 4 is 12.0 Å². The van der Waals surface area contributed by atoms with Crippen molar-refractivity contribution in [1.29, 1.82) is 0 Å². The Hall–Kier alpha value is -1.82. The summed E-state index contributed by atoms with van der Waals surface area (Å²) in [6.45, 7) is 6.92. The molecule has 0 aliphatic heterocycles. The molecule has 0 aliphatic carbocycles. The summed E-state index contributed by atoms with van der Waals surface area (Å²) in [7, 11) is 0. The second-order valence-electron chi connectivity index (χ2n) is 3.30. The molecule has 0 saturated carbocycles. The molecular weight excluding hydrogens is 224 g/mol. The molecule has 0 unspecified atom stereocenters. The molecule has 2 amide bonds. The summed E-state index contributed by atoms with van der Waals surface area (Å²) in [5.74, 6) is -1.09. The quantitative estimate of drug-likeness (QED) is 0.594. The molecule has 0 spiro atoms. The number of urea groups is 1. The lowest BCUT2D eigenvalue weighted by molar-refractivity contribution is -0.137. The number of carboxylic acids is 1. The maximum Gasteiger partial charge on any atom is 0.323 e. The Morgan fingerprint density at radius 1 is 1.12 bits per heavy atom. The highest BCUT2D eigenvalue weighted by molar-refractivity contribution is 5.80. The minimum absolute atomic E-state index is 0.137. The van der Waals surface area contributed by atoms with Crippen LogP contribution in [0, 0.1) is 0 Å². The molecule has 17 heavy (non-hydrogen) atoms. The largest absolute Gasteiger partial charge is 0.480 e. The van der Waals surface area contributed by atoms with Crippen molar-refractivity contribution < 1.29 is 19.8 Å². The van der Waals surface area contributed by atoms with Gasteiger partial charge in [0.1, 0.15) is 6.54 Å². The van der Waals surface area contributed by atoms with E-state index >= 15 is 0 Å². The lowest BCUT2D eigenvalue weighted by atomic mass is 10.4. The number of aliphatic hydroxyl groups excluding tert-OH is 1. The van der Waals surface area contributed by atoms with E-state index in [0.717, 1.165) is 4.90 Å². The smallest absolute Gasteiger partial charge is 0.323 e. The average Bonchev–Trinajstić information content (AvgIpc) is 2.27. The van der Waals surface area contributed by atoms with Crippen molar-refractivity contribution in [2.24, 2.45) is 0 Å². The van der Waals surface area contributed by atoms with Crippen LogP contribution in [0.1, 0.15) is 0 Å². The third-order valence-electron chi connectivity index (χ3n) is 1.94. The molecule has 0 atom stereocenters. The van der Waals surface area contributed by atoms with Crippen molar-refractivity contribution in [2.75, 3.05) is 32.8 Å². The number of amides is 2. The Morgan fingerprint density at radius 3 is 2.06 bits per heavy atom. The topological polar surface area (TPSA) is 81.1 Å². The highest BCUT2D eigenvalue weighted by atomic mass is 16.4. The van der Waals surface area contributed by atoms with E-state index in [0.29, 0.717) is 0 Å². The van der Waals surface area contributed by atoms with Crippen LogP contribution in [0.4, 0.5) is 4.79 Å². The molecule has 0 saturated heterocycles. The van der Waals surface area contributed by atoms with E-state index in [1.165, 1.54) is 17.1 Å². The lowest BCUT2D eigenvalue weighted by Crippen LogP contribution is -2.46. The number of aliphatic hydroxyl groups is 1. The fraction of sp³-hybridized carbons (Fsp3) is 0.455. The van der Waals surface area contributed by atoms with Crippen LogP contribution in [-0.2, 0) is 4.79 Å². The van der Waals surface area contributed by atoms with E-state index < -0.39 is 18.5 Å². The van der Waals surface area contributed by atoms with Crippen molar-refractivity contribution in [3.63, 3.8) is 0 Å². The third-order valence-corrected chi connectivity index (χ3v) is 1.94. The zero-order chi connectivity index (χ0) is 13.3. The zero-order valence-corrected chi connectivity index (χ0v) is 9.71. The first-order valence-electron chi connectivity index (χ1n) is 5.15. The Balaban J connectivity index is 4.68. The number of carboxylic acid groups (broad SMARTS) is 1. The molecule has 0 aromatic heterocycles. The van der Waals surface area contributed by atoms with Gasteiger partial charge in [0.2, 0.25) is 0 Å². The molecule has 0 bridgehead atoms. The fourth-order valence-electron chi connectivity index (χ4n) is 1.27. The number of rotatable bonds is 8. The average molecular weight is 242 g/mol. The van der Waals surface area contributed by atoms with Gasteiger partial charge in [0, 0.05) is 19.6 Å². The SMILES string of the molecule is C=CCN(CCO)C(=O)N(CC=C)CC(=O)O. The highest BCUT2D eigenvalue weighted by Crippen LogP contribution is 2.00. The Bertz CT molecular complexity index is 291. The van der Waals surface area contributed by atoms with Crippen molar-refractivity contribution in [1.82, 2.24) is 9.80 Å². The van der Waals surface area contributed by atoms with Crippen LogP contribution in [-0.4, -0.2) is 64.8 Å². The first-order chi connectivity index (χ1) is 8.06. The lowest BCUT2D eigenvalue weighted by Gasteiger charge is -2.27. The van der Waals surface area contributed by atoms with Gasteiger partial charge in [0.05, 0.1) is 6.61 Å². The van der Waals surface area contributed by atoms with E-state index in [4.69, 9.17) is 10.2 Å². The molecule has 0 rings (SSSR count). The summed E-state index contributed by atoms with van der Waals surface area (Å²) in [6.07, 6.45) is 2.96. The predicted octanol–water partition coefficient (Wildman–Crippen LogP) is 0.159. The van der Waals surface area contributed by atoms with Crippen LogP contribution >= 0.6 is 0 Å². The molecular formula is C11H18N2O4. The van der Waals surface area contributed by atoms with Gasteiger partial charge in [-0.25, -0.2) is 4.79 Å². The Kier molecular flexibility index (Phi) is 7.45. The molecule has 6 nitrogen and oxygen atoms in total. The second-order valence-corrected chi connectivity index (χ2v) is 3.30. The molecule has 96 valence electrons. The van der Waals surface area contributed by atoms with Gasteiger partial charge >= 0.3 is 12.0 Å². The molecule has 0 aliphatic rings. The monoisotopic (exact) mass is 242 g/mol. The molecule has 2 N–H and O–H groups in total. The minimum atomic E-state index is -1.09.